The first-order chi connectivity index (χ1) is 3.72. The molecule has 0 aromatic rings. The van der Waals surface area contributed by atoms with Gasteiger partial charge in [-0.2, -0.15) is 5.26 Å². The van der Waals surface area contributed by atoms with Crippen molar-refractivity contribution in [2.75, 3.05) is 0 Å². The van der Waals surface area contributed by atoms with Gasteiger partial charge < -0.3 is 4.55 Å². The molecule has 0 radical (unpaired) electrons. The molecule has 46 valence electrons. The van der Waals surface area contributed by atoms with Gasteiger partial charge >= 0.3 is 0 Å². The van der Waals surface area contributed by atoms with E-state index < -0.39 is 16.3 Å². The molecule has 0 aliphatic heterocycles. The van der Waals surface area contributed by atoms with E-state index in [2.05, 4.69) is 0 Å². The normalized spacial score (nSPS) is 16.6. The van der Waals surface area contributed by atoms with Crippen molar-refractivity contribution in [1.29, 1.82) is 5.26 Å². The van der Waals surface area contributed by atoms with Crippen LogP contribution in [-0.2, 0) is 11.1 Å². The molecular formula is C4H7NO2S. The Bertz CT molecular complexity index is 128. The first kappa shape index (κ1) is 7.60. The zero-order chi connectivity index (χ0) is 6.57. The van der Waals surface area contributed by atoms with E-state index in [1.807, 2.05) is 0 Å². The van der Waals surface area contributed by atoms with Crippen molar-refractivity contribution in [2.45, 2.75) is 18.6 Å². The van der Waals surface area contributed by atoms with E-state index in [1.165, 1.54) is 0 Å². The fraction of sp³-hybridized carbons (Fsp3) is 0.750. The van der Waals surface area contributed by atoms with Crippen LogP contribution in [0.1, 0.15) is 13.3 Å². The third kappa shape index (κ3) is 2.05. The highest BCUT2D eigenvalue weighted by molar-refractivity contribution is 7.80. The maximum absolute atomic E-state index is 10.1. The van der Waals surface area contributed by atoms with Crippen LogP contribution >= 0.6 is 0 Å². The summed E-state index contributed by atoms with van der Waals surface area (Å²) in [6.45, 7) is 1.70. The van der Waals surface area contributed by atoms with Gasteiger partial charge in [0.2, 0.25) is 0 Å². The van der Waals surface area contributed by atoms with Gasteiger partial charge in [-0.15, -0.1) is 0 Å². The lowest BCUT2D eigenvalue weighted by Gasteiger charge is -1.94. The molecule has 0 saturated heterocycles. The van der Waals surface area contributed by atoms with Gasteiger partial charge in [-0.1, -0.05) is 6.92 Å². The standard InChI is InChI=1S/C4H7NO2S/c1-2-4(3-5)8(6)7/h4H,2H2,1H3,(H,6,7). The molecule has 0 heterocycles. The maximum atomic E-state index is 10.1. The van der Waals surface area contributed by atoms with Gasteiger partial charge in [0.1, 0.15) is 5.25 Å². The van der Waals surface area contributed by atoms with Crippen molar-refractivity contribution in [1.82, 2.24) is 0 Å². The van der Waals surface area contributed by atoms with Crippen LogP contribution in [0.2, 0.25) is 0 Å². The average Bonchev–Trinajstić information content (AvgIpc) is 1.69. The maximum Gasteiger partial charge on any atom is 0.170 e. The lowest BCUT2D eigenvalue weighted by atomic mass is 10.4. The number of rotatable bonds is 2. The zero-order valence-corrected chi connectivity index (χ0v) is 5.31. The second-order valence-electron chi connectivity index (χ2n) is 1.30. The Morgan fingerprint density at radius 2 is 2.50 bits per heavy atom. The molecular weight excluding hydrogens is 126 g/mol. The molecule has 0 aliphatic rings. The summed E-state index contributed by atoms with van der Waals surface area (Å²) in [7, 11) is 0. The third-order valence-corrected chi connectivity index (χ3v) is 1.68. The van der Waals surface area contributed by atoms with Crippen molar-refractivity contribution in [2.24, 2.45) is 0 Å². The smallest absolute Gasteiger partial charge is 0.170 e. The minimum atomic E-state index is -1.96. The molecule has 0 aromatic heterocycles. The summed E-state index contributed by atoms with van der Waals surface area (Å²) >= 11 is -1.96. The van der Waals surface area contributed by atoms with Gasteiger partial charge in [0, 0.05) is 0 Å². The van der Waals surface area contributed by atoms with E-state index in [4.69, 9.17) is 9.81 Å². The highest BCUT2D eigenvalue weighted by Crippen LogP contribution is 1.95. The molecule has 0 amide bonds. The fourth-order valence-electron chi connectivity index (χ4n) is 0.279. The summed E-state index contributed by atoms with van der Waals surface area (Å²) < 4.78 is 18.3. The van der Waals surface area contributed by atoms with Crippen LogP contribution in [-0.4, -0.2) is 14.0 Å². The summed E-state index contributed by atoms with van der Waals surface area (Å²) in [6, 6.07) is 1.70. The number of nitrogens with zero attached hydrogens (tertiary/aromatic N) is 1. The molecule has 0 aliphatic carbocycles. The Kier molecular flexibility index (Phi) is 3.40. The Morgan fingerprint density at radius 3 is 2.50 bits per heavy atom. The van der Waals surface area contributed by atoms with Gasteiger partial charge in [-0.3, -0.25) is 0 Å². The Hall–Kier alpha value is -0.400. The first-order valence-electron chi connectivity index (χ1n) is 2.21. The zero-order valence-electron chi connectivity index (χ0n) is 4.50. The van der Waals surface area contributed by atoms with Gasteiger partial charge in [0.05, 0.1) is 6.07 Å². The van der Waals surface area contributed by atoms with E-state index in [0.717, 1.165) is 0 Å². The Morgan fingerprint density at radius 1 is 2.00 bits per heavy atom. The Labute approximate surface area is 50.6 Å². The lowest BCUT2D eigenvalue weighted by Crippen LogP contribution is -2.09. The number of nitriles is 1. The summed E-state index contributed by atoms with van der Waals surface area (Å²) in [5.41, 5.74) is 0. The largest absolute Gasteiger partial charge is 0.305 e. The second-order valence-corrected chi connectivity index (χ2v) is 2.42. The van der Waals surface area contributed by atoms with E-state index in [0.29, 0.717) is 6.42 Å². The van der Waals surface area contributed by atoms with Crippen LogP contribution < -0.4 is 0 Å². The van der Waals surface area contributed by atoms with Gasteiger partial charge in [0.15, 0.2) is 11.1 Å². The predicted molar refractivity (Wildman–Crippen MR) is 30.5 cm³/mol. The second kappa shape index (κ2) is 3.58. The van der Waals surface area contributed by atoms with Crippen LogP contribution in [0.15, 0.2) is 0 Å². The molecule has 0 rings (SSSR count). The van der Waals surface area contributed by atoms with Crippen molar-refractivity contribution in [3.05, 3.63) is 0 Å². The van der Waals surface area contributed by atoms with Crippen molar-refractivity contribution in [3.63, 3.8) is 0 Å². The average molecular weight is 133 g/mol. The monoisotopic (exact) mass is 133 g/mol. The molecule has 8 heavy (non-hydrogen) atoms. The van der Waals surface area contributed by atoms with Crippen LogP contribution in [0.4, 0.5) is 0 Å². The Balaban J connectivity index is 3.76. The van der Waals surface area contributed by atoms with Crippen molar-refractivity contribution < 1.29 is 8.76 Å². The van der Waals surface area contributed by atoms with Gasteiger partial charge in [0.25, 0.3) is 0 Å². The summed E-state index contributed by atoms with van der Waals surface area (Å²) in [5, 5.41) is 7.38. The van der Waals surface area contributed by atoms with Crippen LogP contribution in [0.25, 0.3) is 0 Å². The topological polar surface area (TPSA) is 61.1 Å². The molecule has 0 spiro atoms. The van der Waals surface area contributed by atoms with Crippen LogP contribution in [0, 0.1) is 11.3 Å². The van der Waals surface area contributed by atoms with Crippen LogP contribution in [0.5, 0.6) is 0 Å². The third-order valence-electron chi connectivity index (χ3n) is 0.758. The molecule has 0 saturated carbocycles. The predicted octanol–water partition coefficient (Wildman–Crippen LogP) is 0.510. The molecule has 4 heteroatoms. The van der Waals surface area contributed by atoms with Crippen LogP contribution in [0.3, 0.4) is 0 Å². The molecule has 2 atom stereocenters. The molecule has 0 aromatic carbocycles. The van der Waals surface area contributed by atoms with E-state index >= 15 is 0 Å². The fourth-order valence-corrected chi connectivity index (χ4v) is 0.654. The SMILES string of the molecule is CCC(C#N)S(=O)O. The quantitative estimate of drug-likeness (QED) is 0.558. The molecule has 0 bridgehead atoms. The van der Waals surface area contributed by atoms with Crippen molar-refractivity contribution in [3.8, 4) is 6.07 Å². The van der Waals surface area contributed by atoms with Crippen molar-refractivity contribution >= 4 is 11.1 Å². The van der Waals surface area contributed by atoms with E-state index in [9.17, 15) is 4.21 Å². The lowest BCUT2D eigenvalue weighted by molar-refractivity contribution is 0.555. The highest BCUT2D eigenvalue weighted by Gasteiger charge is 2.08. The molecule has 0 fully saturated rings. The number of hydrogen-bond acceptors (Lipinski definition) is 2. The minimum Gasteiger partial charge on any atom is -0.305 e. The highest BCUT2D eigenvalue weighted by atomic mass is 32.2. The molecule has 1 N–H and O–H groups in total. The molecule has 3 nitrogen and oxygen atoms in total. The van der Waals surface area contributed by atoms with E-state index in [1.54, 1.807) is 13.0 Å². The van der Waals surface area contributed by atoms with E-state index in [-0.39, 0.29) is 0 Å². The molecule has 2 unspecified atom stereocenters. The minimum absolute atomic E-state index is 0.430. The first-order valence-corrected chi connectivity index (χ1v) is 3.38. The summed E-state index contributed by atoms with van der Waals surface area (Å²) in [6.07, 6.45) is 0.430. The van der Waals surface area contributed by atoms with Gasteiger partial charge in [-0.25, -0.2) is 4.21 Å². The van der Waals surface area contributed by atoms with Gasteiger partial charge in [-0.05, 0) is 6.42 Å². The summed E-state index contributed by atoms with van der Waals surface area (Å²) in [5.74, 6) is 0. The number of hydrogen-bond donors (Lipinski definition) is 1. The summed E-state index contributed by atoms with van der Waals surface area (Å²) in [4.78, 5) is 0.